The van der Waals surface area contributed by atoms with Gasteiger partial charge < -0.3 is 4.98 Å². The molecule has 0 unspecified atom stereocenters. The number of sulfonamides is 1. The standard InChI is InChI=1S/C21H25N5O4S/c1-4-15-8-7-9-18-16(13-22-21(15)18)14-23-24-19-11-10-17(26(27)28)12-20(19)31(29,30)25(5-2)6-3/h7-14,22,24H,4-6H2,1-3H3/b23-14+. The quantitative estimate of drug-likeness (QED) is 0.293. The number of aromatic amines is 1. The molecule has 0 bridgehead atoms. The van der Waals surface area contributed by atoms with Crippen LogP contribution in [0.25, 0.3) is 10.9 Å². The molecular weight excluding hydrogens is 418 g/mol. The highest BCUT2D eigenvalue weighted by Crippen LogP contribution is 2.29. The first kappa shape index (κ1) is 22.4. The van der Waals surface area contributed by atoms with Crippen LogP contribution >= 0.6 is 0 Å². The van der Waals surface area contributed by atoms with E-state index in [1.807, 2.05) is 18.3 Å². The zero-order chi connectivity index (χ0) is 22.6. The Balaban J connectivity index is 1.97. The summed E-state index contributed by atoms with van der Waals surface area (Å²) in [7, 11) is -3.93. The molecule has 9 nitrogen and oxygen atoms in total. The summed E-state index contributed by atoms with van der Waals surface area (Å²) in [4.78, 5) is 13.6. The van der Waals surface area contributed by atoms with Gasteiger partial charge in [0.25, 0.3) is 5.69 Å². The number of fused-ring (bicyclic) bond motifs is 1. The number of nitrogens with zero attached hydrogens (tertiary/aromatic N) is 3. The minimum atomic E-state index is -3.93. The molecule has 0 saturated heterocycles. The predicted octanol–water partition coefficient (Wildman–Crippen LogP) is 4.12. The highest BCUT2D eigenvalue weighted by atomic mass is 32.2. The van der Waals surface area contributed by atoms with Gasteiger partial charge >= 0.3 is 0 Å². The Bertz CT molecular complexity index is 1230. The van der Waals surface area contributed by atoms with Crippen LogP contribution in [0.2, 0.25) is 0 Å². The maximum atomic E-state index is 13.0. The molecule has 0 fully saturated rings. The Morgan fingerprint density at radius 1 is 1.19 bits per heavy atom. The topological polar surface area (TPSA) is 121 Å². The van der Waals surface area contributed by atoms with Crippen molar-refractivity contribution < 1.29 is 13.3 Å². The Morgan fingerprint density at radius 2 is 1.94 bits per heavy atom. The highest BCUT2D eigenvalue weighted by molar-refractivity contribution is 7.89. The average Bonchev–Trinajstić information content (AvgIpc) is 3.17. The molecule has 0 aliphatic rings. The van der Waals surface area contributed by atoms with Gasteiger partial charge in [0.2, 0.25) is 10.0 Å². The normalized spacial score (nSPS) is 12.1. The monoisotopic (exact) mass is 443 g/mol. The Morgan fingerprint density at radius 3 is 2.58 bits per heavy atom. The number of hydrazone groups is 1. The first-order valence-electron chi connectivity index (χ1n) is 10.00. The van der Waals surface area contributed by atoms with E-state index >= 15 is 0 Å². The predicted molar refractivity (Wildman–Crippen MR) is 122 cm³/mol. The third-order valence-corrected chi connectivity index (χ3v) is 7.19. The van der Waals surface area contributed by atoms with Crippen LogP contribution < -0.4 is 5.43 Å². The van der Waals surface area contributed by atoms with E-state index in [4.69, 9.17) is 0 Å². The van der Waals surface area contributed by atoms with Gasteiger partial charge in [-0.2, -0.15) is 9.41 Å². The van der Waals surface area contributed by atoms with Crippen molar-refractivity contribution in [3.05, 3.63) is 63.8 Å². The number of non-ortho nitro benzene ring substituents is 1. The number of benzene rings is 2. The number of nitrogens with one attached hydrogen (secondary N) is 2. The number of hydrogen-bond acceptors (Lipinski definition) is 6. The second-order valence-electron chi connectivity index (χ2n) is 6.83. The number of rotatable bonds is 9. The summed E-state index contributed by atoms with van der Waals surface area (Å²) in [5.74, 6) is 0. The maximum Gasteiger partial charge on any atom is 0.270 e. The first-order valence-corrected chi connectivity index (χ1v) is 11.4. The molecule has 1 aromatic heterocycles. The van der Waals surface area contributed by atoms with Crippen molar-refractivity contribution in [1.29, 1.82) is 0 Å². The zero-order valence-electron chi connectivity index (χ0n) is 17.6. The molecule has 0 saturated carbocycles. The van der Waals surface area contributed by atoms with Crippen molar-refractivity contribution in [1.82, 2.24) is 9.29 Å². The largest absolute Gasteiger partial charge is 0.360 e. The van der Waals surface area contributed by atoms with Gasteiger partial charge in [0.15, 0.2) is 0 Å². The lowest BCUT2D eigenvalue weighted by Crippen LogP contribution is -2.31. The fourth-order valence-corrected chi connectivity index (χ4v) is 5.06. The van der Waals surface area contributed by atoms with Crippen molar-refractivity contribution >= 4 is 38.5 Å². The van der Waals surface area contributed by atoms with Gasteiger partial charge in [0.1, 0.15) is 4.90 Å². The van der Waals surface area contributed by atoms with Gasteiger partial charge in [-0.3, -0.25) is 15.5 Å². The van der Waals surface area contributed by atoms with Crippen molar-refractivity contribution in [2.45, 2.75) is 32.1 Å². The van der Waals surface area contributed by atoms with Crippen LogP contribution in [-0.2, 0) is 16.4 Å². The van der Waals surface area contributed by atoms with Crippen LogP contribution in [0.5, 0.6) is 0 Å². The lowest BCUT2D eigenvalue weighted by atomic mass is 10.1. The summed E-state index contributed by atoms with van der Waals surface area (Å²) in [5.41, 5.74) is 5.68. The van der Waals surface area contributed by atoms with Gasteiger partial charge in [-0.05, 0) is 18.1 Å². The zero-order valence-corrected chi connectivity index (χ0v) is 18.4. The van der Waals surface area contributed by atoms with E-state index in [2.05, 4.69) is 28.5 Å². The Labute approximate surface area is 181 Å². The molecule has 2 aromatic carbocycles. The van der Waals surface area contributed by atoms with Gasteiger partial charge in [0, 0.05) is 47.9 Å². The molecule has 0 radical (unpaired) electrons. The Hall–Kier alpha value is -3.24. The smallest absolute Gasteiger partial charge is 0.270 e. The van der Waals surface area contributed by atoms with Crippen LogP contribution in [0.15, 0.2) is 52.6 Å². The summed E-state index contributed by atoms with van der Waals surface area (Å²) < 4.78 is 27.3. The molecule has 31 heavy (non-hydrogen) atoms. The van der Waals surface area contributed by atoms with E-state index < -0.39 is 14.9 Å². The number of anilines is 1. The molecule has 0 aliphatic heterocycles. The Kier molecular flexibility index (Phi) is 6.71. The van der Waals surface area contributed by atoms with E-state index in [0.29, 0.717) is 0 Å². The highest BCUT2D eigenvalue weighted by Gasteiger charge is 2.27. The number of aromatic nitrogens is 1. The second kappa shape index (κ2) is 9.27. The van der Waals surface area contributed by atoms with Crippen LogP contribution in [0, 0.1) is 10.1 Å². The summed E-state index contributed by atoms with van der Waals surface area (Å²) in [5, 5.41) is 16.4. The van der Waals surface area contributed by atoms with Gasteiger partial charge in [-0.25, -0.2) is 8.42 Å². The molecular formula is C21H25N5O4S. The van der Waals surface area contributed by atoms with E-state index in [1.165, 1.54) is 22.0 Å². The van der Waals surface area contributed by atoms with Crippen LogP contribution in [-0.4, -0.2) is 41.9 Å². The van der Waals surface area contributed by atoms with Crippen molar-refractivity contribution in [3.8, 4) is 0 Å². The molecule has 0 aliphatic carbocycles. The number of aryl methyl sites for hydroxylation is 1. The number of nitro benzene ring substituents is 1. The second-order valence-corrected chi connectivity index (χ2v) is 8.74. The SMILES string of the molecule is CCc1cccc2c(/C=N/Nc3ccc([N+](=O)[O-])cc3S(=O)(=O)N(CC)CC)c[nH]c12. The molecule has 0 atom stereocenters. The van der Waals surface area contributed by atoms with Crippen molar-refractivity contribution in [2.24, 2.45) is 5.10 Å². The summed E-state index contributed by atoms with van der Waals surface area (Å²) in [6.45, 7) is 6.01. The summed E-state index contributed by atoms with van der Waals surface area (Å²) >= 11 is 0. The third kappa shape index (κ3) is 4.44. The molecule has 0 spiro atoms. The van der Waals surface area contributed by atoms with Gasteiger partial charge in [0.05, 0.1) is 16.8 Å². The number of nitro groups is 1. The molecule has 164 valence electrons. The third-order valence-electron chi connectivity index (χ3n) is 5.10. The van der Waals surface area contributed by atoms with Crippen LogP contribution in [0.1, 0.15) is 31.9 Å². The molecule has 10 heteroatoms. The minimum absolute atomic E-state index is 0.169. The van der Waals surface area contributed by atoms with E-state index in [0.717, 1.165) is 29.0 Å². The van der Waals surface area contributed by atoms with Gasteiger partial charge in [-0.15, -0.1) is 0 Å². The molecule has 1 heterocycles. The van der Waals surface area contributed by atoms with Gasteiger partial charge in [-0.1, -0.05) is 39.0 Å². The fourth-order valence-electron chi connectivity index (χ4n) is 3.44. The molecule has 3 rings (SSSR count). The summed E-state index contributed by atoms with van der Waals surface area (Å²) in [6.07, 6.45) is 4.31. The summed E-state index contributed by atoms with van der Waals surface area (Å²) in [6, 6.07) is 9.68. The molecule has 0 amide bonds. The first-order chi connectivity index (χ1) is 14.8. The number of hydrogen-bond donors (Lipinski definition) is 2. The van der Waals surface area contributed by atoms with E-state index in [-0.39, 0.29) is 29.4 Å². The molecule has 2 N–H and O–H groups in total. The minimum Gasteiger partial charge on any atom is -0.360 e. The van der Waals surface area contributed by atoms with E-state index in [9.17, 15) is 18.5 Å². The fraction of sp³-hybridized carbons (Fsp3) is 0.286. The van der Waals surface area contributed by atoms with Crippen LogP contribution in [0.4, 0.5) is 11.4 Å². The lowest BCUT2D eigenvalue weighted by molar-refractivity contribution is -0.385. The average molecular weight is 444 g/mol. The molecule has 3 aromatic rings. The number of para-hydroxylation sites is 1. The van der Waals surface area contributed by atoms with Crippen LogP contribution in [0.3, 0.4) is 0 Å². The van der Waals surface area contributed by atoms with Crippen molar-refractivity contribution in [3.63, 3.8) is 0 Å². The van der Waals surface area contributed by atoms with E-state index in [1.54, 1.807) is 20.1 Å². The van der Waals surface area contributed by atoms with Crippen molar-refractivity contribution in [2.75, 3.05) is 18.5 Å². The lowest BCUT2D eigenvalue weighted by Gasteiger charge is -2.20. The number of H-pyrrole nitrogens is 1. The maximum absolute atomic E-state index is 13.0.